The molecule has 0 aliphatic heterocycles. The topological polar surface area (TPSA) is 44.1 Å². The van der Waals surface area contributed by atoms with Gasteiger partial charge >= 0.3 is 5.97 Å². The molecule has 0 aliphatic carbocycles. The number of imidazole rings is 1. The molecule has 1 heterocycles. The number of halogens is 1. The van der Waals surface area contributed by atoms with E-state index in [2.05, 4.69) is 6.92 Å². The summed E-state index contributed by atoms with van der Waals surface area (Å²) in [7, 11) is 1.36. The van der Waals surface area contributed by atoms with Gasteiger partial charge in [0.15, 0.2) is 0 Å². The van der Waals surface area contributed by atoms with Crippen LogP contribution in [0.4, 0.5) is 4.39 Å². The van der Waals surface area contributed by atoms with Crippen LogP contribution in [0.1, 0.15) is 48.8 Å². The van der Waals surface area contributed by atoms with E-state index >= 15 is 0 Å². The van der Waals surface area contributed by atoms with E-state index in [0.717, 1.165) is 41.8 Å². The Morgan fingerprint density at radius 2 is 1.88 bits per heavy atom. The van der Waals surface area contributed by atoms with Gasteiger partial charge in [0.05, 0.1) is 23.7 Å². The lowest BCUT2D eigenvalue weighted by Crippen LogP contribution is -2.02. The van der Waals surface area contributed by atoms with Gasteiger partial charge in [-0.3, -0.25) is 4.57 Å². The third kappa shape index (κ3) is 3.77. The fourth-order valence-electron chi connectivity index (χ4n) is 3.13. The summed E-state index contributed by atoms with van der Waals surface area (Å²) in [5.41, 5.74) is 2.98. The third-order valence-corrected chi connectivity index (χ3v) is 4.48. The molecular formula is C21H23FN2O2. The number of benzene rings is 2. The summed E-state index contributed by atoms with van der Waals surface area (Å²) in [6.07, 6.45) is 5.40. The Labute approximate surface area is 152 Å². The van der Waals surface area contributed by atoms with Crippen molar-refractivity contribution in [1.29, 1.82) is 0 Å². The first-order valence-corrected chi connectivity index (χ1v) is 8.99. The molecular weight excluding hydrogens is 331 g/mol. The van der Waals surface area contributed by atoms with E-state index in [1.165, 1.54) is 32.1 Å². The standard InChI is InChI=1S/C21H23FN2O2/c1-3-4-5-6-7-20-23-18-14-15(21(25)26-2)8-13-19(18)24(20)17-11-9-16(22)10-12-17/h8-14H,3-7H2,1-2H3. The Balaban J connectivity index is 2.05. The van der Waals surface area contributed by atoms with Gasteiger partial charge in [-0.25, -0.2) is 14.2 Å². The molecule has 0 saturated carbocycles. The van der Waals surface area contributed by atoms with Crippen LogP contribution in [0.2, 0.25) is 0 Å². The third-order valence-electron chi connectivity index (χ3n) is 4.48. The van der Waals surface area contributed by atoms with Gasteiger partial charge in [-0.15, -0.1) is 0 Å². The second-order valence-corrected chi connectivity index (χ2v) is 6.35. The van der Waals surface area contributed by atoms with Gasteiger partial charge in [-0.1, -0.05) is 26.2 Å². The highest BCUT2D eigenvalue weighted by molar-refractivity contribution is 5.94. The predicted octanol–water partition coefficient (Wildman–Crippen LogP) is 5.07. The summed E-state index contributed by atoms with van der Waals surface area (Å²) in [4.78, 5) is 16.5. The molecule has 0 amide bonds. The highest BCUT2D eigenvalue weighted by Gasteiger charge is 2.15. The number of hydrogen-bond acceptors (Lipinski definition) is 3. The van der Waals surface area contributed by atoms with Crippen molar-refractivity contribution >= 4 is 17.0 Å². The molecule has 0 saturated heterocycles. The number of nitrogens with zero attached hydrogens (tertiary/aromatic N) is 2. The van der Waals surface area contributed by atoms with Crippen molar-refractivity contribution in [1.82, 2.24) is 9.55 Å². The van der Waals surface area contributed by atoms with Crippen LogP contribution < -0.4 is 0 Å². The number of esters is 1. The van der Waals surface area contributed by atoms with Crippen molar-refractivity contribution in [2.75, 3.05) is 7.11 Å². The van der Waals surface area contributed by atoms with Crippen LogP contribution in [0.15, 0.2) is 42.5 Å². The number of aryl methyl sites for hydroxylation is 1. The van der Waals surface area contributed by atoms with E-state index in [1.54, 1.807) is 24.3 Å². The number of unbranched alkanes of at least 4 members (excludes halogenated alkanes) is 3. The molecule has 2 aromatic carbocycles. The second-order valence-electron chi connectivity index (χ2n) is 6.35. The molecule has 1 aromatic heterocycles. The lowest BCUT2D eigenvalue weighted by Gasteiger charge is -2.09. The average molecular weight is 354 g/mol. The Bertz CT molecular complexity index is 900. The van der Waals surface area contributed by atoms with Crippen LogP contribution in [-0.4, -0.2) is 22.6 Å². The average Bonchev–Trinajstić information content (AvgIpc) is 3.02. The molecule has 0 fully saturated rings. The van der Waals surface area contributed by atoms with Crippen LogP contribution >= 0.6 is 0 Å². The molecule has 0 bridgehead atoms. The molecule has 3 rings (SSSR count). The van der Waals surface area contributed by atoms with Crippen LogP contribution in [-0.2, 0) is 11.2 Å². The number of ether oxygens (including phenoxy) is 1. The molecule has 0 radical (unpaired) electrons. The predicted molar refractivity (Wildman–Crippen MR) is 100 cm³/mol. The summed E-state index contributed by atoms with van der Waals surface area (Å²) >= 11 is 0. The van der Waals surface area contributed by atoms with Crippen LogP contribution in [0.3, 0.4) is 0 Å². The van der Waals surface area contributed by atoms with Crippen molar-refractivity contribution < 1.29 is 13.9 Å². The van der Waals surface area contributed by atoms with Crippen LogP contribution in [0, 0.1) is 5.82 Å². The summed E-state index contributed by atoms with van der Waals surface area (Å²) in [5.74, 6) is 0.271. The second kappa shape index (κ2) is 8.13. The van der Waals surface area contributed by atoms with Crippen molar-refractivity contribution in [2.45, 2.75) is 39.0 Å². The number of carbonyl (C=O) groups excluding carboxylic acids is 1. The molecule has 4 nitrogen and oxygen atoms in total. The summed E-state index contributed by atoms with van der Waals surface area (Å²) < 4.78 is 20.2. The number of methoxy groups -OCH3 is 1. The van der Waals surface area contributed by atoms with E-state index < -0.39 is 0 Å². The quantitative estimate of drug-likeness (QED) is 0.439. The number of carbonyl (C=O) groups is 1. The Morgan fingerprint density at radius 1 is 1.12 bits per heavy atom. The Kier molecular flexibility index (Phi) is 5.66. The van der Waals surface area contributed by atoms with Gasteiger partial charge in [0.2, 0.25) is 0 Å². The van der Waals surface area contributed by atoms with Crippen molar-refractivity contribution in [3.63, 3.8) is 0 Å². The molecule has 0 N–H and O–H groups in total. The molecule has 26 heavy (non-hydrogen) atoms. The lowest BCUT2D eigenvalue weighted by atomic mass is 10.1. The van der Waals surface area contributed by atoms with E-state index in [0.29, 0.717) is 5.56 Å². The van der Waals surface area contributed by atoms with Crippen molar-refractivity contribution in [3.8, 4) is 5.69 Å². The maximum atomic E-state index is 13.3. The first kappa shape index (κ1) is 18.1. The van der Waals surface area contributed by atoms with E-state index in [4.69, 9.17) is 9.72 Å². The Morgan fingerprint density at radius 3 is 2.58 bits per heavy atom. The minimum atomic E-state index is -0.382. The highest BCUT2D eigenvalue weighted by atomic mass is 19.1. The normalized spacial score (nSPS) is 11.0. The zero-order valence-electron chi connectivity index (χ0n) is 15.2. The zero-order valence-corrected chi connectivity index (χ0v) is 15.2. The number of rotatable bonds is 7. The smallest absolute Gasteiger partial charge is 0.337 e. The first-order chi connectivity index (χ1) is 12.6. The number of aromatic nitrogens is 2. The maximum absolute atomic E-state index is 13.3. The summed E-state index contributed by atoms with van der Waals surface area (Å²) in [5, 5.41) is 0. The molecule has 0 spiro atoms. The van der Waals surface area contributed by atoms with Crippen molar-refractivity contribution in [3.05, 3.63) is 59.7 Å². The van der Waals surface area contributed by atoms with Gasteiger partial charge in [0, 0.05) is 12.1 Å². The Hall–Kier alpha value is -2.69. The monoisotopic (exact) mass is 354 g/mol. The van der Waals surface area contributed by atoms with E-state index in [9.17, 15) is 9.18 Å². The highest BCUT2D eigenvalue weighted by Crippen LogP contribution is 2.24. The molecule has 0 atom stereocenters. The molecule has 0 unspecified atom stereocenters. The largest absolute Gasteiger partial charge is 0.465 e. The summed E-state index contributed by atoms with van der Waals surface area (Å²) in [6.45, 7) is 2.18. The van der Waals surface area contributed by atoms with Crippen molar-refractivity contribution in [2.24, 2.45) is 0 Å². The lowest BCUT2D eigenvalue weighted by molar-refractivity contribution is 0.0601. The van der Waals surface area contributed by atoms with E-state index in [-0.39, 0.29) is 11.8 Å². The van der Waals surface area contributed by atoms with Gasteiger partial charge < -0.3 is 4.74 Å². The minimum absolute atomic E-state index is 0.268. The van der Waals surface area contributed by atoms with Crippen LogP contribution in [0.5, 0.6) is 0 Å². The molecule has 5 heteroatoms. The number of hydrogen-bond donors (Lipinski definition) is 0. The minimum Gasteiger partial charge on any atom is -0.465 e. The van der Waals surface area contributed by atoms with E-state index in [1.807, 2.05) is 10.6 Å². The maximum Gasteiger partial charge on any atom is 0.337 e. The van der Waals surface area contributed by atoms with Gasteiger partial charge in [-0.2, -0.15) is 0 Å². The molecule has 0 aliphatic rings. The van der Waals surface area contributed by atoms with Crippen LogP contribution in [0.25, 0.3) is 16.7 Å². The zero-order chi connectivity index (χ0) is 18.5. The number of fused-ring (bicyclic) bond motifs is 1. The SMILES string of the molecule is CCCCCCc1nc2cc(C(=O)OC)ccc2n1-c1ccc(F)cc1. The van der Waals surface area contributed by atoms with Gasteiger partial charge in [-0.05, 0) is 48.9 Å². The fourth-order valence-corrected chi connectivity index (χ4v) is 3.13. The molecule has 3 aromatic rings. The van der Waals surface area contributed by atoms with Gasteiger partial charge in [0.25, 0.3) is 0 Å². The first-order valence-electron chi connectivity index (χ1n) is 8.99. The molecule has 136 valence electrons. The summed E-state index contributed by atoms with van der Waals surface area (Å²) in [6, 6.07) is 11.7. The fraction of sp³-hybridized carbons (Fsp3) is 0.333. The van der Waals surface area contributed by atoms with Gasteiger partial charge in [0.1, 0.15) is 11.6 Å².